The summed E-state index contributed by atoms with van der Waals surface area (Å²) in [5.74, 6) is 2.45. The molecule has 7 atom stereocenters. The molecule has 0 aromatic rings. The molecule has 0 aromatic carbocycles. The van der Waals surface area contributed by atoms with Gasteiger partial charge in [-0.2, -0.15) is 13.2 Å². The quantitative estimate of drug-likeness (QED) is 0.499. The molecule has 0 radical (unpaired) electrons. The van der Waals surface area contributed by atoms with E-state index in [1.807, 2.05) is 0 Å². The van der Waals surface area contributed by atoms with Crippen molar-refractivity contribution in [2.75, 3.05) is 0 Å². The van der Waals surface area contributed by atoms with E-state index in [9.17, 15) is 13.2 Å². The lowest BCUT2D eigenvalue weighted by molar-refractivity contribution is -0.195. The molecule has 0 N–H and O–H groups in total. The average molecular weight is 314 g/mol. The maximum absolute atomic E-state index is 13.1. The van der Waals surface area contributed by atoms with E-state index in [1.165, 1.54) is 38.5 Å². The fourth-order valence-corrected chi connectivity index (χ4v) is 7.14. The van der Waals surface area contributed by atoms with Crippen LogP contribution in [0.4, 0.5) is 13.2 Å². The number of hydrogen-bond acceptors (Lipinski definition) is 0. The summed E-state index contributed by atoms with van der Waals surface area (Å²) in [6, 6.07) is 0. The third-order valence-electron chi connectivity index (χ3n) is 8.20. The molecular weight excluding hydrogens is 285 g/mol. The van der Waals surface area contributed by atoms with Crippen LogP contribution in [0.2, 0.25) is 0 Å². The van der Waals surface area contributed by atoms with Gasteiger partial charge in [0.25, 0.3) is 0 Å². The van der Waals surface area contributed by atoms with Gasteiger partial charge < -0.3 is 0 Å². The Hall–Kier alpha value is -0.210. The molecule has 0 nitrogen and oxygen atoms in total. The van der Waals surface area contributed by atoms with Crippen molar-refractivity contribution >= 4 is 0 Å². The van der Waals surface area contributed by atoms with Crippen molar-refractivity contribution in [3.8, 4) is 0 Å². The summed E-state index contributed by atoms with van der Waals surface area (Å²) >= 11 is 0. The number of fused-ring (bicyclic) bond motifs is 5. The van der Waals surface area contributed by atoms with Crippen LogP contribution in [0, 0.1) is 40.9 Å². The SMILES string of the molecule is C[C@@]12CCC[C@H]1[C@@H]1CC[C@@H]3CC(C(F)(F)F)CC[C@@H]3[C@H]1CC2. The molecule has 126 valence electrons. The average Bonchev–Trinajstić information content (AvgIpc) is 2.87. The second-order valence-corrected chi connectivity index (χ2v) is 9.07. The van der Waals surface area contributed by atoms with Gasteiger partial charge in [0.2, 0.25) is 0 Å². The number of hydrogen-bond donors (Lipinski definition) is 0. The molecule has 0 bridgehead atoms. The second kappa shape index (κ2) is 5.14. The van der Waals surface area contributed by atoms with Crippen molar-refractivity contribution in [2.24, 2.45) is 40.9 Å². The minimum absolute atomic E-state index is 0.368. The van der Waals surface area contributed by atoms with Crippen LogP contribution in [-0.2, 0) is 0 Å². The summed E-state index contributed by atoms with van der Waals surface area (Å²) in [6.45, 7) is 2.49. The third-order valence-corrected chi connectivity index (χ3v) is 8.20. The van der Waals surface area contributed by atoms with Crippen LogP contribution in [0.15, 0.2) is 0 Å². The highest BCUT2D eigenvalue weighted by atomic mass is 19.4. The van der Waals surface area contributed by atoms with Gasteiger partial charge in [-0.3, -0.25) is 0 Å². The highest BCUT2D eigenvalue weighted by Gasteiger charge is 2.55. The van der Waals surface area contributed by atoms with Crippen LogP contribution in [0.3, 0.4) is 0 Å². The molecule has 0 spiro atoms. The summed E-state index contributed by atoms with van der Waals surface area (Å²) in [6.07, 6.45) is 6.81. The van der Waals surface area contributed by atoms with E-state index in [0.717, 1.165) is 30.6 Å². The standard InChI is InChI=1S/C19H29F3/c1-18-9-2-3-17(18)16-6-4-12-11-13(19(20,21)22)5-7-14(12)15(16)8-10-18/h12-17H,2-11H2,1H3/t12-,13?,14+,15-,16-,17+,18+/m1/s1. The van der Waals surface area contributed by atoms with Crippen LogP contribution in [-0.4, -0.2) is 6.18 Å². The lowest BCUT2D eigenvalue weighted by atomic mass is 9.50. The zero-order valence-electron chi connectivity index (χ0n) is 13.7. The first kappa shape index (κ1) is 15.3. The highest BCUT2D eigenvalue weighted by molar-refractivity contribution is 5.03. The Bertz CT molecular complexity index is 429. The molecule has 4 aliphatic rings. The van der Waals surface area contributed by atoms with Crippen LogP contribution in [0.5, 0.6) is 0 Å². The third kappa shape index (κ3) is 2.33. The van der Waals surface area contributed by atoms with Gasteiger partial charge in [-0.15, -0.1) is 0 Å². The smallest absolute Gasteiger partial charge is 0.171 e. The number of alkyl halides is 3. The van der Waals surface area contributed by atoms with E-state index >= 15 is 0 Å². The Morgan fingerprint density at radius 1 is 0.818 bits per heavy atom. The Balaban J connectivity index is 1.50. The van der Waals surface area contributed by atoms with E-state index in [0.29, 0.717) is 30.1 Å². The summed E-state index contributed by atoms with van der Waals surface area (Å²) in [5, 5.41) is 0. The van der Waals surface area contributed by atoms with E-state index in [4.69, 9.17) is 0 Å². The molecule has 0 aromatic heterocycles. The van der Waals surface area contributed by atoms with Gasteiger partial charge in [0.05, 0.1) is 5.92 Å². The number of halogens is 3. The van der Waals surface area contributed by atoms with Crippen LogP contribution in [0.25, 0.3) is 0 Å². The van der Waals surface area contributed by atoms with Crippen LogP contribution in [0.1, 0.15) is 71.1 Å². The van der Waals surface area contributed by atoms with Crippen molar-refractivity contribution in [1.82, 2.24) is 0 Å². The van der Waals surface area contributed by atoms with Crippen molar-refractivity contribution in [3.63, 3.8) is 0 Å². The molecule has 3 heteroatoms. The van der Waals surface area contributed by atoms with Crippen molar-refractivity contribution in [2.45, 2.75) is 77.3 Å². The van der Waals surface area contributed by atoms with Gasteiger partial charge >= 0.3 is 6.18 Å². The molecule has 22 heavy (non-hydrogen) atoms. The molecule has 0 heterocycles. The van der Waals surface area contributed by atoms with E-state index in [-0.39, 0.29) is 0 Å². The van der Waals surface area contributed by atoms with Crippen molar-refractivity contribution < 1.29 is 13.2 Å². The maximum atomic E-state index is 13.1. The summed E-state index contributed by atoms with van der Waals surface area (Å²) in [7, 11) is 0. The predicted molar refractivity (Wildman–Crippen MR) is 81.3 cm³/mol. The molecule has 4 aliphatic carbocycles. The van der Waals surface area contributed by atoms with Gasteiger partial charge in [-0.05, 0) is 92.8 Å². The van der Waals surface area contributed by atoms with E-state index in [2.05, 4.69) is 6.92 Å². The fourth-order valence-electron chi connectivity index (χ4n) is 7.14. The summed E-state index contributed by atoms with van der Waals surface area (Å²) in [4.78, 5) is 0. The molecule has 4 rings (SSSR count). The molecular formula is C19H29F3. The van der Waals surface area contributed by atoms with Gasteiger partial charge in [0.15, 0.2) is 0 Å². The Morgan fingerprint density at radius 3 is 2.36 bits per heavy atom. The largest absolute Gasteiger partial charge is 0.391 e. The normalized spacial score (nSPS) is 51.8. The lowest BCUT2D eigenvalue weighted by Crippen LogP contribution is -2.48. The minimum atomic E-state index is -3.96. The topological polar surface area (TPSA) is 0 Å². The van der Waals surface area contributed by atoms with E-state index in [1.54, 1.807) is 0 Å². The Labute approximate surface area is 132 Å². The first-order valence-corrected chi connectivity index (χ1v) is 9.45. The van der Waals surface area contributed by atoms with Crippen molar-refractivity contribution in [1.29, 1.82) is 0 Å². The molecule has 4 fully saturated rings. The van der Waals surface area contributed by atoms with E-state index < -0.39 is 12.1 Å². The monoisotopic (exact) mass is 314 g/mol. The zero-order valence-corrected chi connectivity index (χ0v) is 13.7. The fraction of sp³-hybridized carbons (Fsp3) is 1.00. The van der Waals surface area contributed by atoms with Crippen LogP contribution >= 0.6 is 0 Å². The van der Waals surface area contributed by atoms with Gasteiger partial charge in [-0.1, -0.05) is 13.3 Å². The van der Waals surface area contributed by atoms with Gasteiger partial charge in [-0.25, -0.2) is 0 Å². The minimum Gasteiger partial charge on any atom is -0.171 e. The Kier molecular flexibility index (Phi) is 3.58. The zero-order chi connectivity index (χ0) is 15.5. The predicted octanol–water partition coefficient (Wildman–Crippen LogP) is 6.21. The lowest BCUT2D eigenvalue weighted by Gasteiger charge is -2.55. The molecule has 0 amide bonds. The molecule has 0 saturated heterocycles. The van der Waals surface area contributed by atoms with Crippen LogP contribution < -0.4 is 0 Å². The summed E-state index contributed by atoms with van der Waals surface area (Å²) < 4.78 is 39.2. The maximum Gasteiger partial charge on any atom is 0.391 e. The van der Waals surface area contributed by atoms with Gasteiger partial charge in [0, 0.05) is 0 Å². The molecule has 4 saturated carbocycles. The molecule has 0 aliphatic heterocycles. The first-order valence-electron chi connectivity index (χ1n) is 9.45. The highest BCUT2D eigenvalue weighted by Crippen LogP contribution is 2.63. The summed E-state index contributed by atoms with van der Waals surface area (Å²) in [5.41, 5.74) is 0.567. The van der Waals surface area contributed by atoms with Crippen molar-refractivity contribution in [3.05, 3.63) is 0 Å². The number of rotatable bonds is 0. The first-order chi connectivity index (χ1) is 10.4. The Morgan fingerprint density at radius 2 is 1.59 bits per heavy atom. The van der Waals surface area contributed by atoms with Gasteiger partial charge in [0.1, 0.15) is 0 Å². The second-order valence-electron chi connectivity index (χ2n) is 9.07. The molecule has 1 unspecified atom stereocenters.